The number of nitrogens with one attached hydrogen (secondary N) is 2. The molecule has 1 aliphatic rings. The summed E-state index contributed by atoms with van der Waals surface area (Å²) in [5, 5.41) is 4.12. The van der Waals surface area contributed by atoms with E-state index in [1.165, 1.54) is 0 Å². The predicted octanol–water partition coefficient (Wildman–Crippen LogP) is 2.28. The molecule has 1 aliphatic heterocycles. The normalized spacial score (nSPS) is 17.3. The van der Waals surface area contributed by atoms with Crippen molar-refractivity contribution in [2.75, 3.05) is 19.6 Å². The number of carbonyl (C=O) groups is 2. The molecule has 128 valence electrons. The molecule has 1 saturated heterocycles. The summed E-state index contributed by atoms with van der Waals surface area (Å²) in [4.78, 5) is 24.9. The fourth-order valence-electron chi connectivity index (χ4n) is 2.30. The van der Waals surface area contributed by atoms with E-state index in [-0.39, 0.29) is 18.9 Å². The minimum absolute atomic E-state index is 0.232. The van der Waals surface area contributed by atoms with Crippen LogP contribution in [0, 0.1) is 5.41 Å². The third kappa shape index (κ3) is 6.53. The monoisotopic (exact) mass is 323 g/mol. The molecule has 1 rings (SSSR count). The Morgan fingerprint density at radius 1 is 1.14 bits per heavy atom. The lowest BCUT2D eigenvalue weighted by molar-refractivity contribution is -0.159. The lowest BCUT2D eigenvalue weighted by atomic mass is 9.88. The van der Waals surface area contributed by atoms with Crippen LogP contribution in [0.3, 0.4) is 0 Å². The maximum Gasteiger partial charge on any atom is 0.408 e. The van der Waals surface area contributed by atoms with Gasteiger partial charge in [-0.25, -0.2) is 4.79 Å². The maximum atomic E-state index is 12.9. The summed E-state index contributed by atoms with van der Waals surface area (Å²) in [6.07, 6.45) is -2.92. The third-order valence-corrected chi connectivity index (χ3v) is 3.38. The smallest absolute Gasteiger partial charge is 0.341 e. The van der Waals surface area contributed by atoms with Crippen molar-refractivity contribution < 1.29 is 22.8 Å². The average molecular weight is 323 g/mol. The molecule has 0 bridgehead atoms. The maximum absolute atomic E-state index is 12.9. The number of alkyl halides is 3. The second kappa shape index (κ2) is 7.19. The molecule has 3 amide bonds. The number of hydrogen-bond donors (Lipinski definition) is 2. The van der Waals surface area contributed by atoms with Gasteiger partial charge in [0.2, 0.25) is 5.91 Å². The van der Waals surface area contributed by atoms with Gasteiger partial charge < -0.3 is 15.5 Å². The lowest BCUT2D eigenvalue weighted by Crippen LogP contribution is -2.52. The summed E-state index contributed by atoms with van der Waals surface area (Å²) < 4.78 is 38.8. The summed E-state index contributed by atoms with van der Waals surface area (Å²) in [6.45, 7) is 5.99. The highest BCUT2D eigenvalue weighted by atomic mass is 19.4. The Hall–Kier alpha value is -1.47. The van der Waals surface area contributed by atoms with Gasteiger partial charge in [0.1, 0.15) is 6.04 Å². The topological polar surface area (TPSA) is 61.4 Å². The summed E-state index contributed by atoms with van der Waals surface area (Å²) >= 11 is 0. The van der Waals surface area contributed by atoms with Crippen LogP contribution in [0.1, 0.15) is 40.0 Å². The van der Waals surface area contributed by atoms with Crippen molar-refractivity contribution in [2.45, 2.75) is 52.3 Å². The van der Waals surface area contributed by atoms with Crippen molar-refractivity contribution >= 4 is 11.9 Å². The van der Waals surface area contributed by atoms with Gasteiger partial charge in [0.25, 0.3) is 0 Å². The second-order valence-corrected chi connectivity index (χ2v) is 6.77. The Morgan fingerprint density at radius 2 is 1.68 bits per heavy atom. The molecule has 2 N–H and O–H groups in total. The fourth-order valence-corrected chi connectivity index (χ4v) is 2.30. The molecule has 1 fully saturated rings. The molecule has 0 aliphatic carbocycles. The van der Waals surface area contributed by atoms with Crippen LogP contribution in [-0.2, 0) is 4.79 Å². The lowest BCUT2D eigenvalue weighted by Gasteiger charge is -2.28. The van der Waals surface area contributed by atoms with Crippen LogP contribution in [0.4, 0.5) is 18.0 Å². The molecule has 1 atom stereocenters. The number of amides is 3. The number of halogens is 3. The van der Waals surface area contributed by atoms with Crippen LogP contribution >= 0.6 is 0 Å². The molecular weight excluding hydrogens is 299 g/mol. The second-order valence-electron chi connectivity index (χ2n) is 6.77. The van der Waals surface area contributed by atoms with E-state index < -0.39 is 23.7 Å². The van der Waals surface area contributed by atoms with Crippen molar-refractivity contribution in [2.24, 2.45) is 5.41 Å². The number of nitrogens with zero attached hydrogens (tertiary/aromatic N) is 1. The van der Waals surface area contributed by atoms with Gasteiger partial charge in [-0.15, -0.1) is 0 Å². The van der Waals surface area contributed by atoms with Gasteiger partial charge in [-0.05, 0) is 24.7 Å². The molecule has 0 aromatic carbocycles. The number of urea groups is 1. The van der Waals surface area contributed by atoms with Gasteiger partial charge >= 0.3 is 12.2 Å². The first-order chi connectivity index (χ1) is 9.99. The van der Waals surface area contributed by atoms with Gasteiger partial charge in [0.15, 0.2) is 0 Å². The van der Waals surface area contributed by atoms with Gasteiger partial charge in [-0.3, -0.25) is 4.79 Å². The van der Waals surface area contributed by atoms with Crippen molar-refractivity contribution in [1.82, 2.24) is 15.5 Å². The standard InChI is InChI=1S/C14H24F3N3O2/c1-13(2,3)8-10(14(15,16)17)19-12(22)18-9-11(21)20-6-4-5-7-20/h10H,4-9H2,1-3H3,(H2,18,19,22)/t10-/m0/s1. The van der Waals surface area contributed by atoms with Crippen LogP contribution in [0.2, 0.25) is 0 Å². The summed E-state index contributed by atoms with van der Waals surface area (Å²) in [7, 11) is 0. The number of carbonyl (C=O) groups excluding carboxylic acids is 2. The van der Waals surface area contributed by atoms with Crippen molar-refractivity contribution in [3.63, 3.8) is 0 Å². The Balaban J connectivity index is 2.47. The van der Waals surface area contributed by atoms with Crippen LogP contribution in [0.25, 0.3) is 0 Å². The van der Waals surface area contributed by atoms with Gasteiger partial charge in [-0.1, -0.05) is 20.8 Å². The van der Waals surface area contributed by atoms with E-state index in [1.54, 1.807) is 25.7 Å². The van der Waals surface area contributed by atoms with Gasteiger partial charge in [-0.2, -0.15) is 13.2 Å². The highest BCUT2D eigenvalue weighted by molar-refractivity contribution is 5.84. The molecular formula is C14H24F3N3O2. The Labute approximate surface area is 128 Å². The fraction of sp³-hybridized carbons (Fsp3) is 0.857. The van der Waals surface area contributed by atoms with E-state index in [0.717, 1.165) is 12.8 Å². The van der Waals surface area contributed by atoms with Gasteiger partial charge in [0, 0.05) is 13.1 Å². The predicted molar refractivity (Wildman–Crippen MR) is 76.3 cm³/mol. The number of likely N-dealkylation sites (tertiary alicyclic amines) is 1. The zero-order chi connectivity index (χ0) is 17.0. The summed E-state index contributed by atoms with van der Waals surface area (Å²) in [5.41, 5.74) is -0.584. The molecule has 0 spiro atoms. The van der Waals surface area contributed by atoms with Crippen molar-refractivity contribution in [3.8, 4) is 0 Å². The van der Waals surface area contributed by atoms with E-state index in [0.29, 0.717) is 13.1 Å². The van der Waals surface area contributed by atoms with E-state index in [1.807, 2.05) is 5.32 Å². The molecule has 5 nitrogen and oxygen atoms in total. The third-order valence-electron chi connectivity index (χ3n) is 3.38. The molecule has 0 aromatic rings. The van der Waals surface area contributed by atoms with E-state index >= 15 is 0 Å². The van der Waals surface area contributed by atoms with Crippen molar-refractivity contribution in [3.05, 3.63) is 0 Å². The number of hydrogen-bond acceptors (Lipinski definition) is 2. The molecule has 0 aromatic heterocycles. The Bertz CT molecular complexity index is 399. The Morgan fingerprint density at radius 3 is 2.14 bits per heavy atom. The minimum atomic E-state index is -4.52. The average Bonchev–Trinajstić information content (AvgIpc) is 2.86. The first-order valence-corrected chi connectivity index (χ1v) is 7.38. The molecule has 0 unspecified atom stereocenters. The van der Waals surface area contributed by atoms with E-state index in [9.17, 15) is 22.8 Å². The highest BCUT2D eigenvalue weighted by Gasteiger charge is 2.42. The van der Waals surface area contributed by atoms with Crippen LogP contribution in [0.5, 0.6) is 0 Å². The van der Waals surface area contributed by atoms with Crippen molar-refractivity contribution in [1.29, 1.82) is 0 Å². The minimum Gasteiger partial charge on any atom is -0.341 e. The highest BCUT2D eigenvalue weighted by Crippen LogP contribution is 2.30. The largest absolute Gasteiger partial charge is 0.408 e. The molecule has 0 saturated carbocycles. The zero-order valence-corrected chi connectivity index (χ0v) is 13.2. The van der Waals surface area contributed by atoms with Gasteiger partial charge in [0.05, 0.1) is 6.54 Å². The van der Waals surface area contributed by atoms with E-state index in [4.69, 9.17) is 0 Å². The summed E-state index contributed by atoms with van der Waals surface area (Å²) in [5.74, 6) is -0.271. The number of rotatable bonds is 4. The van der Waals surface area contributed by atoms with Crippen LogP contribution in [-0.4, -0.2) is 48.7 Å². The summed E-state index contributed by atoms with van der Waals surface area (Å²) in [6, 6.07) is -2.91. The van der Waals surface area contributed by atoms with Crippen LogP contribution < -0.4 is 10.6 Å². The van der Waals surface area contributed by atoms with Crippen LogP contribution in [0.15, 0.2) is 0 Å². The molecule has 8 heteroatoms. The zero-order valence-electron chi connectivity index (χ0n) is 13.2. The SMILES string of the molecule is CC(C)(C)C[C@H](NC(=O)NCC(=O)N1CCCC1)C(F)(F)F. The van der Waals surface area contributed by atoms with E-state index in [2.05, 4.69) is 5.32 Å². The molecule has 22 heavy (non-hydrogen) atoms. The Kier molecular flexibility index (Phi) is 6.08. The quantitative estimate of drug-likeness (QED) is 0.834. The first-order valence-electron chi connectivity index (χ1n) is 7.38. The molecule has 0 radical (unpaired) electrons. The first kappa shape index (κ1) is 18.6. The molecule has 1 heterocycles.